The highest BCUT2D eigenvalue weighted by atomic mass is 16.6. The maximum atomic E-state index is 12.2. The highest BCUT2D eigenvalue weighted by Crippen LogP contribution is 2.31. The number of benzene rings is 2. The van der Waals surface area contributed by atoms with Crippen molar-refractivity contribution < 1.29 is 19.2 Å². The summed E-state index contributed by atoms with van der Waals surface area (Å²) in [7, 11) is 0. The second-order valence-corrected chi connectivity index (χ2v) is 6.78. The molecule has 0 atom stereocenters. The van der Waals surface area contributed by atoms with E-state index in [2.05, 4.69) is 10.6 Å². The van der Waals surface area contributed by atoms with Crippen molar-refractivity contribution in [1.82, 2.24) is 0 Å². The standard InChI is InChI=1S/C20H21N3O5/c1-12-4-3-5-16(13(12)2)22-19(24)11-28-20(25)14-6-9-17(21-15-7-8-15)18(10-14)23(26)27/h3-6,9-10,15,21H,7-8,11H2,1-2H3,(H,22,24). The molecule has 0 heterocycles. The van der Waals surface area contributed by atoms with Gasteiger partial charge in [0, 0.05) is 17.8 Å². The van der Waals surface area contributed by atoms with E-state index in [1.165, 1.54) is 12.1 Å². The van der Waals surface area contributed by atoms with Crippen molar-refractivity contribution in [3.05, 3.63) is 63.2 Å². The first-order chi connectivity index (χ1) is 13.3. The van der Waals surface area contributed by atoms with E-state index >= 15 is 0 Å². The Bertz CT molecular complexity index is 937. The number of rotatable bonds is 7. The Morgan fingerprint density at radius 2 is 1.93 bits per heavy atom. The lowest BCUT2D eigenvalue weighted by molar-refractivity contribution is -0.384. The van der Waals surface area contributed by atoms with Gasteiger partial charge < -0.3 is 15.4 Å². The fourth-order valence-electron chi connectivity index (χ4n) is 2.67. The molecule has 2 aromatic rings. The molecule has 1 fully saturated rings. The Kier molecular flexibility index (Phi) is 5.58. The minimum atomic E-state index is -0.794. The quantitative estimate of drug-likeness (QED) is 0.429. The maximum Gasteiger partial charge on any atom is 0.338 e. The molecule has 28 heavy (non-hydrogen) atoms. The molecule has 0 radical (unpaired) electrons. The highest BCUT2D eigenvalue weighted by Gasteiger charge is 2.26. The van der Waals surface area contributed by atoms with Gasteiger partial charge in [-0.05, 0) is 56.0 Å². The van der Waals surface area contributed by atoms with Gasteiger partial charge in [0.25, 0.3) is 11.6 Å². The summed E-state index contributed by atoms with van der Waals surface area (Å²) in [5.74, 6) is -1.28. The Hall–Kier alpha value is -3.42. The minimum Gasteiger partial charge on any atom is -0.452 e. The molecule has 0 spiro atoms. The van der Waals surface area contributed by atoms with Crippen LogP contribution in [0.5, 0.6) is 0 Å². The average molecular weight is 383 g/mol. The topological polar surface area (TPSA) is 111 Å². The summed E-state index contributed by atoms with van der Waals surface area (Å²) in [4.78, 5) is 35.0. The van der Waals surface area contributed by atoms with Crippen LogP contribution in [0.2, 0.25) is 0 Å². The van der Waals surface area contributed by atoms with Gasteiger partial charge in [0.1, 0.15) is 5.69 Å². The van der Waals surface area contributed by atoms with Crippen LogP contribution in [0.15, 0.2) is 36.4 Å². The molecule has 0 saturated heterocycles. The zero-order chi connectivity index (χ0) is 20.3. The number of hydrogen-bond donors (Lipinski definition) is 2. The Balaban J connectivity index is 1.62. The molecular weight excluding hydrogens is 362 g/mol. The summed E-state index contributed by atoms with van der Waals surface area (Å²) >= 11 is 0. The van der Waals surface area contributed by atoms with Crippen LogP contribution < -0.4 is 10.6 Å². The number of carbonyl (C=O) groups excluding carboxylic acids is 2. The van der Waals surface area contributed by atoms with Crippen LogP contribution in [0.3, 0.4) is 0 Å². The Morgan fingerprint density at radius 1 is 1.18 bits per heavy atom. The summed E-state index contributed by atoms with van der Waals surface area (Å²) in [6.45, 7) is 3.33. The summed E-state index contributed by atoms with van der Waals surface area (Å²) in [5, 5.41) is 17.0. The normalized spacial score (nSPS) is 12.9. The Labute approximate surface area is 162 Å². The third kappa shape index (κ3) is 4.64. The summed E-state index contributed by atoms with van der Waals surface area (Å²) in [5.41, 5.74) is 2.80. The second kappa shape index (κ2) is 8.08. The molecule has 0 unspecified atom stereocenters. The van der Waals surface area contributed by atoms with Crippen LogP contribution in [-0.4, -0.2) is 29.4 Å². The van der Waals surface area contributed by atoms with Gasteiger partial charge in [-0.3, -0.25) is 14.9 Å². The fourth-order valence-corrected chi connectivity index (χ4v) is 2.67. The highest BCUT2D eigenvalue weighted by molar-refractivity contribution is 5.96. The second-order valence-electron chi connectivity index (χ2n) is 6.78. The van der Waals surface area contributed by atoms with Crippen molar-refractivity contribution in [2.45, 2.75) is 32.7 Å². The molecule has 1 amide bonds. The van der Waals surface area contributed by atoms with Crippen molar-refractivity contribution >= 4 is 28.9 Å². The predicted molar refractivity (Wildman–Crippen MR) is 105 cm³/mol. The lowest BCUT2D eigenvalue weighted by atomic mass is 10.1. The van der Waals surface area contributed by atoms with E-state index in [-0.39, 0.29) is 17.3 Å². The molecule has 146 valence electrons. The van der Waals surface area contributed by atoms with Crippen LogP contribution in [0.1, 0.15) is 34.3 Å². The van der Waals surface area contributed by atoms with E-state index in [0.717, 1.165) is 30.0 Å². The first-order valence-corrected chi connectivity index (χ1v) is 8.93. The average Bonchev–Trinajstić information content (AvgIpc) is 3.47. The number of anilines is 2. The van der Waals surface area contributed by atoms with Crippen LogP contribution in [-0.2, 0) is 9.53 Å². The lowest BCUT2D eigenvalue weighted by Gasteiger charge is -2.11. The van der Waals surface area contributed by atoms with E-state index in [9.17, 15) is 19.7 Å². The fraction of sp³-hybridized carbons (Fsp3) is 0.300. The molecule has 8 heteroatoms. The van der Waals surface area contributed by atoms with E-state index in [1.54, 1.807) is 6.07 Å². The number of hydrogen-bond acceptors (Lipinski definition) is 6. The number of carbonyl (C=O) groups is 2. The number of nitro groups is 1. The van der Waals surface area contributed by atoms with Crippen molar-refractivity contribution in [2.75, 3.05) is 17.2 Å². The first-order valence-electron chi connectivity index (χ1n) is 8.93. The Morgan fingerprint density at radius 3 is 2.61 bits per heavy atom. The van der Waals surface area contributed by atoms with E-state index in [4.69, 9.17) is 4.74 Å². The number of aryl methyl sites for hydroxylation is 1. The molecule has 3 rings (SSSR count). The maximum absolute atomic E-state index is 12.2. The largest absolute Gasteiger partial charge is 0.452 e. The molecule has 1 aliphatic carbocycles. The molecule has 2 N–H and O–H groups in total. The number of nitro benzene ring substituents is 1. The van der Waals surface area contributed by atoms with E-state index in [0.29, 0.717) is 11.4 Å². The molecule has 8 nitrogen and oxygen atoms in total. The van der Waals surface area contributed by atoms with Crippen molar-refractivity contribution in [3.8, 4) is 0 Å². The van der Waals surface area contributed by atoms with Gasteiger partial charge in [0.05, 0.1) is 10.5 Å². The van der Waals surface area contributed by atoms with Crippen LogP contribution in [0.25, 0.3) is 0 Å². The van der Waals surface area contributed by atoms with Gasteiger partial charge in [-0.2, -0.15) is 0 Å². The van der Waals surface area contributed by atoms with E-state index in [1.807, 2.05) is 26.0 Å². The summed E-state index contributed by atoms with van der Waals surface area (Å²) in [6.07, 6.45) is 1.94. The zero-order valence-corrected chi connectivity index (χ0v) is 15.7. The number of nitrogens with zero attached hydrogens (tertiary/aromatic N) is 1. The van der Waals surface area contributed by atoms with Gasteiger partial charge in [-0.15, -0.1) is 0 Å². The number of ether oxygens (including phenoxy) is 1. The molecule has 1 aliphatic rings. The van der Waals surface area contributed by atoms with Gasteiger partial charge in [-0.1, -0.05) is 12.1 Å². The van der Waals surface area contributed by atoms with Crippen molar-refractivity contribution in [3.63, 3.8) is 0 Å². The molecule has 0 aromatic heterocycles. The number of nitrogens with one attached hydrogen (secondary N) is 2. The molecular formula is C20H21N3O5. The molecule has 1 saturated carbocycles. The third-order valence-corrected chi connectivity index (χ3v) is 4.58. The van der Waals surface area contributed by atoms with Crippen LogP contribution >= 0.6 is 0 Å². The van der Waals surface area contributed by atoms with Crippen molar-refractivity contribution in [1.29, 1.82) is 0 Å². The monoisotopic (exact) mass is 383 g/mol. The number of esters is 1. The summed E-state index contributed by atoms with van der Waals surface area (Å²) in [6, 6.07) is 9.85. The molecule has 0 aliphatic heterocycles. The van der Waals surface area contributed by atoms with Gasteiger partial charge >= 0.3 is 5.97 Å². The lowest BCUT2D eigenvalue weighted by Crippen LogP contribution is -2.21. The van der Waals surface area contributed by atoms with Gasteiger partial charge in [0.2, 0.25) is 0 Å². The van der Waals surface area contributed by atoms with Gasteiger partial charge in [-0.25, -0.2) is 4.79 Å². The predicted octanol–water partition coefficient (Wildman–Crippen LogP) is 3.58. The first kappa shape index (κ1) is 19.3. The van der Waals surface area contributed by atoms with Crippen LogP contribution in [0.4, 0.5) is 17.1 Å². The minimum absolute atomic E-state index is 0.0209. The summed E-state index contributed by atoms with van der Waals surface area (Å²) < 4.78 is 5.01. The van der Waals surface area contributed by atoms with Crippen molar-refractivity contribution in [2.24, 2.45) is 0 Å². The van der Waals surface area contributed by atoms with Gasteiger partial charge in [0.15, 0.2) is 6.61 Å². The van der Waals surface area contributed by atoms with E-state index < -0.39 is 23.4 Å². The molecule has 0 bridgehead atoms. The third-order valence-electron chi connectivity index (χ3n) is 4.58. The SMILES string of the molecule is Cc1cccc(NC(=O)COC(=O)c2ccc(NC3CC3)c([N+](=O)[O-])c2)c1C. The smallest absolute Gasteiger partial charge is 0.338 e. The molecule has 2 aromatic carbocycles. The number of amides is 1. The van der Waals surface area contributed by atoms with Crippen LogP contribution in [0, 0.1) is 24.0 Å². The zero-order valence-electron chi connectivity index (χ0n) is 15.7.